The molecule has 27 heavy (non-hydrogen) atoms. The van der Waals surface area contributed by atoms with Gasteiger partial charge in [-0.2, -0.15) is 0 Å². The van der Waals surface area contributed by atoms with Gasteiger partial charge in [0.05, 0.1) is 22.2 Å². The first-order valence-corrected chi connectivity index (χ1v) is 9.24. The second-order valence-corrected chi connectivity index (χ2v) is 7.38. The third-order valence-corrected chi connectivity index (χ3v) is 5.43. The van der Waals surface area contributed by atoms with Crippen LogP contribution in [0, 0.1) is 0 Å². The normalized spacial score (nSPS) is 17.2. The quantitative estimate of drug-likeness (QED) is 0.735. The van der Waals surface area contributed by atoms with Gasteiger partial charge in [-0.05, 0) is 25.0 Å². The lowest BCUT2D eigenvalue weighted by molar-refractivity contribution is 0.240. The number of aromatic nitrogens is 2. The van der Waals surface area contributed by atoms with Crippen molar-refractivity contribution in [2.45, 2.75) is 38.3 Å². The molecule has 1 fully saturated rings. The van der Waals surface area contributed by atoms with Crippen LogP contribution in [0.3, 0.4) is 0 Å². The lowest BCUT2D eigenvalue weighted by atomic mass is 10.1. The number of rotatable bonds is 3. The van der Waals surface area contributed by atoms with E-state index in [2.05, 4.69) is 9.97 Å². The molecule has 1 aliphatic carbocycles. The van der Waals surface area contributed by atoms with Crippen LogP contribution in [0.4, 0.5) is 5.88 Å². The molecule has 0 bridgehead atoms. The lowest BCUT2D eigenvalue weighted by Crippen LogP contribution is -2.37. The summed E-state index contributed by atoms with van der Waals surface area (Å²) < 4.78 is 5.63. The summed E-state index contributed by atoms with van der Waals surface area (Å²) in [5, 5.41) is 0.521. The predicted octanol–water partition coefficient (Wildman–Crippen LogP) is 1.89. The van der Waals surface area contributed by atoms with Crippen LogP contribution >= 0.6 is 0 Å². The molecule has 138 valence electrons. The Morgan fingerprint density at radius 2 is 2.07 bits per heavy atom. The van der Waals surface area contributed by atoms with Gasteiger partial charge in [0.25, 0.3) is 5.56 Å². The van der Waals surface area contributed by atoms with Gasteiger partial charge in [0.15, 0.2) is 11.3 Å². The number of H-pyrrole nitrogens is 1. The third-order valence-electron chi connectivity index (χ3n) is 5.43. The molecule has 2 aliphatic rings. The number of fused-ring (bicyclic) bond motifs is 2. The fourth-order valence-corrected chi connectivity index (χ4v) is 3.76. The summed E-state index contributed by atoms with van der Waals surface area (Å²) in [6, 6.07) is 7.08. The fourth-order valence-electron chi connectivity index (χ4n) is 3.76. The maximum Gasteiger partial charge on any atom is 0.255 e. The highest BCUT2D eigenvalue weighted by Gasteiger charge is 2.29. The van der Waals surface area contributed by atoms with Gasteiger partial charge in [-0.3, -0.25) is 14.5 Å². The van der Waals surface area contributed by atoms with E-state index in [0.717, 1.165) is 30.9 Å². The molecule has 0 atom stereocenters. The van der Waals surface area contributed by atoms with E-state index in [-0.39, 0.29) is 16.9 Å². The summed E-state index contributed by atoms with van der Waals surface area (Å²) in [5.41, 5.74) is 8.34. The van der Waals surface area contributed by atoms with E-state index in [0.29, 0.717) is 47.5 Å². The molecule has 3 aromatic rings. The first-order valence-electron chi connectivity index (χ1n) is 9.24. The third kappa shape index (κ3) is 2.84. The van der Waals surface area contributed by atoms with Crippen molar-refractivity contribution < 1.29 is 4.42 Å². The molecule has 1 aliphatic heterocycles. The molecular weight excluding hydrogens is 344 g/mol. The highest BCUT2D eigenvalue weighted by molar-refractivity contribution is 5.78. The number of para-hydroxylation sites is 1. The minimum Gasteiger partial charge on any atom is -0.440 e. The van der Waals surface area contributed by atoms with Crippen molar-refractivity contribution in [3.63, 3.8) is 0 Å². The Morgan fingerprint density at radius 1 is 1.26 bits per heavy atom. The van der Waals surface area contributed by atoms with Gasteiger partial charge in [0.2, 0.25) is 0 Å². The summed E-state index contributed by atoms with van der Waals surface area (Å²) in [6.07, 6.45) is 2.90. The number of anilines is 1. The molecule has 0 radical (unpaired) electrons. The van der Waals surface area contributed by atoms with Crippen LogP contribution in [0.2, 0.25) is 0 Å². The number of nitrogens with two attached hydrogens (primary N) is 1. The molecule has 1 aromatic carbocycles. The Morgan fingerprint density at radius 3 is 2.89 bits per heavy atom. The largest absolute Gasteiger partial charge is 0.440 e. The van der Waals surface area contributed by atoms with Gasteiger partial charge in [-0.15, -0.1) is 0 Å². The first kappa shape index (κ1) is 16.3. The number of hydrogen-bond donors (Lipinski definition) is 2. The van der Waals surface area contributed by atoms with E-state index in [1.165, 1.54) is 0 Å². The van der Waals surface area contributed by atoms with Crippen molar-refractivity contribution >= 4 is 16.9 Å². The van der Waals surface area contributed by atoms with Crippen LogP contribution in [0.5, 0.6) is 0 Å². The minimum absolute atomic E-state index is 0.0647. The number of aromatic amines is 1. The minimum atomic E-state index is -0.115. The van der Waals surface area contributed by atoms with Crippen LogP contribution in [-0.2, 0) is 19.5 Å². The fraction of sp³-hybridized carbons (Fsp3) is 0.350. The zero-order chi connectivity index (χ0) is 18.5. The molecule has 5 rings (SSSR count). The standard InChI is InChI=1S/C20H20N4O3/c21-18-14(17(25)12-3-1-2-4-16(12)27-18)10-24-8-7-15-13(9-24)20(26)23-19(22-15)11-5-6-11/h1-4,11H,5-10,21H2,(H,22,23,26). The second-order valence-electron chi connectivity index (χ2n) is 7.38. The van der Waals surface area contributed by atoms with Crippen molar-refractivity contribution in [3.8, 4) is 0 Å². The molecule has 7 heteroatoms. The molecule has 0 spiro atoms. The summed E-state index contributed by atoms with van der Waals surface area (Å²) in [7, 11) is 0. The Bertz CT molecular complexity index is 1160. The van der Waals surface area contributed by atoms with Gasteiger partial charge in [-0.25, -0.2) is 4.98 Å². The van der Waals surface area contributed by atoms with Gasteiger partial charge < -0.3 is 15.1 Å². The predicted molar refractivity (Wildman–Crippen MR) is 102 cm³/mol. The summed E-state index contributed by atoms with van der Waals surface area (Å²) in [6.45, 7) is 1.52. The molecular formula is C20H20N4O3. The van der Waals surface area contributed by atoms with Gasteiger partial charge in [-0.1, -0.05) is 12.1 Å². The monoisotopic (exact) mass is 364 g/mol. The molecule has 7 nitrogen and oxygen atoms in total. The van der Waals surface area contributed by atoms with Crippen LogP contribution in [0.15, 0.2) is 38.3 Å². The second kappa shape index (κ2) is 6.06. The topological polar surface area (TPSA) is 105 Å². The van der Waals surface area contributed by atoms with E-state index in [1.807, 2.05) is 4.90 Å². The van der Waals surface area contributed by atoms with Crippen LogP contribution in [0.1, 0.15) is 41.4 Å². The Hall–Kier alpha value is -2.93. The van der Waals surface area contributed by atoms with E-state index in [1.54, 1.807) is 24.3 Å². The molecule has 3 N–H and O–H groups in total. The molecule has 0 unspecified atom stereocenters. The van der Waals surface area contributed by atoms with Crippen molar-refractivity contribution in [2.24, 2.45) is 0 Å². The van der Waals surface area contributed by atoms with Gasteiger partial charge in [0, 0.05) is 32.0 Å². The lowest BCUT2D eigenvalue weighted by Gasteiger charge is -2.27. The Balaban J connectivity index is 1.46. The summed E-state index contributed by atoms with van der Waals surface area (Å²) in [4.78, 5) is 35.0. The number of nitrogens with zero attached hydrogens (tertiary/aromatic N) is 2. The maximum atomic E-state index is 12.8. The highest BCUT2D eigenvalue weighted by Crippen LogP contribution is 2.37. The number of hydrogen-bond acceptors (Lipinski definition) is 6. The van der Waals surface area contributed by atoms with Crippen LogP contribution in [-0.4, -0.2) is 21.4 Å². The van der Waals surface area contributed by atoms with Gasteiger partial charge in [0.1, 0.15) is 11.4 Å². The number of benzene rings is 1. The molecule has 3 heterocycles. The van der Waals surface area contributed by atoms with Crippen LogP contribution in [0.25, 0.3) is 11.0 Å². The highest BCUT2D eigenvalue weighted by atomic mass is 16.3. The summed E-state index contributed by atoms with van der Waals surface area (Å²) in [5.74, 6) is 1.38. The smallest absolute Gasteiger partial charge is 0.255 e. The summed E-state index contributed by atoms with van der Waals surface area (Å²) >= 11 is 0. The maximum absolute atomic E-state index is 12.8. The zero-order valence-corrected chi connectivity index (χ0v) is 14.8. The van der Waals surface area contributed by atoms with Crippen molar-refractivity contribution in [2.75, 3.05) is 12.3 Å². The Kier molecular flexibility index (Phi) is 3.65. The molecule has 1 saturated carbocycles. The SMILES string of the molecule is Nc1oc2ccccc2c(=O)c1CN1CCc2nc(C3CC3)[nH]c(=O)c2C1. The zero-order valence-electron chi connectivity index (χ0n) is 14.8. The average Bonchev–Trinajstić information content (AvgIpc) is 3.50. The van der Waals surface area contributed by atoms with Crippen molar-refractivity contribution in [3.05, 3.63) is 67.5 Å². The van der Waals surface area contributed by atoms with Crippen molar-refractivity contribution in [1.82, 2.24) is 14.9 Å². The van der Waals surface area contributed by atoms with E-state index in [4.69, 9.17) is 10.2 Å². The van der Waals surface area contributed by atoms with E-state index in [9.17, 15) is 9.59 Å². The average molecular weight is 364 g/mol. The van der Waals surface area contributed by atoms with Crippen LogP contribution < -0.4 is 16.7 Å². The molecule has 0 saturated heterocycles. The van der Waals surface area contributed by atoms with Crippen molar-refractivity contribution in [1.29, 1.82) is 0 Å². The van der Waals surface area contributed by atoms with Gasteiger partial charge >= 0.3 is 0 Å². The molecule has 0 amide bonds. The number of nitrogens with one attached hydrogen (secondary N) is 1. The number of nitrogen functional groups attached to an aromatic ring is 1. The molecule has 2 aromatic heterocycles. The Labute approximate surface area is 154 Å². The van der Waals surface area contributed by atoms with E-state index >= 15 is 0 Å². The van der Waals surface area contributed by atoms with E-state index < -0.39 is 0 Å². The first-order chi connectivity index (χ1) is 13.1.